The summed E-state index contributed by atoms with van der Waals surface area (Å²) >= 11 is 0. The van der Waals surface area contributed by atoms with Crippen LogP contribution in [0.5, 0.6) is 0 Å². The van der Waals surface area contributed by atoms with E-state index in [9.17, 15) is 4.79 Å². The number of aryl methyl sites for hydroxylation is 1. The Morgan fingerprint density at radius 2 is 1.97 bits per heavy atom. The van der Waals surface area contributed by atoms with Gasteiger partial charge in [0.1, 0.15) is 12.1 Å². The van der Waals surface area contributed by atoms with Crippen LogP contribution in [-0.2, 0) is 12.5 Å². The molecule has 4 aromatic rings. The Balaban J connectivity index is 1.53. The van der Waals surface area contributed by atoms with E-state index in [0.29, 0.717) is 22.7 Å². The van der Waals surface area contributed by atoms with Crippen molar-refractivity contribution in [2.24, 2.45) is 7.05 Å². The molecule has 2 N–H and O–H groups in total. The molecule has 0 radical (unpaired) electrons. The second-order valence-electron chi connectivity index (χ2n) is 9.17. The van der Waals surface area contributed by atoms with Gasteiger partial charge in [-0.2, -0.15) is 15.1 Å². The summed E-state index contributed by atoms with van der Waals surface area (Å²) in [6.45, 7) is 9.11. The Kier molecular flexibility index (Phi) is 6.29. The van der Waals surface area contributed by atoms with Crippen LogP contribution in [0.3, 0.4) is 0 Å². The fraction of sp³-hybridized carbons (Fsp3) is 0.348. The van der Waals surface area contributed by atoms with Gasteiger partial charge >= 0.3 is 0 Å². The van der Waals surface area contributed by atoms with Crippen LogP contribution in [0.4, 0.5) is 16.0 Å². The third kappa shape index (κ3) is 5.15. The first kappa shape index (κ1) is 23.9. The largest absolute Gasteiger partial charge is 0.343 e. The van der Waals surface area contributed by atoms with Crippen LogP contribution in [0, 0.1) is 12.7 Å². The van der Waals surface area contributed by atoms with E-state index >= 15 is 4.39 Å². The van der Waals surface area contributed by atoms with E-state index in [1.54, 1.807) is 50.1 Å². The van der Waals surface area contributed by atoms with Crippen LogP contribution in [0.1, 0.15) is 61.4 Å². The predicted octanol–water partition coefficient (Wildman–Crippen LogP) is 3.63. The van der Waals surface area contributed by atoms with Crippen LogP contribution < -0.4 is 10.6 Å². The standard InChI is InChI=1S/C23H26FN9O2/c1-12-15(13(2)28-20(34)19-30-21(35-32-19)23(3,4)5)7-8-16(17(12)24)18-25-11-26-22(31-18)29-14-9-27-33(6)10-14/h7-11,13H,1-6H3,(H,28,34)(H,25,26,29,31). The van der Waals surface area contributed by atoms with Crippen LogP contribution in [0.25, 0.3) is 11.4 Å². The number of halogens is 1. The number of carbonyl (C=O) groups excluding carboxylic acids is 1. The van der Waals surface area contributed by atoms with E-state index in [1.807, 2.05) is 20.8 Å². The van der Waals surface area contributed by atoms with Crippen LogP contribution in [0.15, 0.2) is 35.4 Å². The molecular weight excluding hydrogens is 453 g/mol. The first-order chi connectivity index (χ1) is 16.5. The molecule has 3 heterocycles. The fourth-order valence-corrected chi connectivity index (χ4v) is 3.40. The number of rotatable bonds is 6. The van der Waals surface area contributed by atoms with Crippen molar-refractivity contribution in [2.75, 3.05) is 5.32 Å². The highest BCUT2D eigenvalue weighted by Gasteiger charge is 2.25. The van der Waals surface area contributed by atoms with Gasteiger partial charge in [0.2, 0.25) is 11.8 Å². The molecule has 0 saturated heterocycles. The van der Waals surface area contributed by atoms with Gasteiger partial charge in [-0.1, -0.05) is 32.0 Å². The van der Waals surface area contributed by atoms with Gasteiger partial charge in [-0.05, 0) is 31.0 Å². The Hall–Kier alpha value is -4.22. The zero-order valence-electron chi connectivity index (χ0n) is 20.3. The third-order valence-electron chi connectivity index (χ3n) is 5.29. The number of carbonyl (C=O) groups is 1. The summed E-state index contributed by atoms with van der Waals surface area (Å²) in [5.41, 5.74) is 1.49. The number of hydrogen-bond donors (Lipinski definition) is 2. The average molecular weight is 480 g/mol. The van der Waals surface area contributed by atoms with E-state index in [1.165, 1.54) is 6.33 Å². The lowest BCUT2D eigenvalue weighted by molar-refractivity contribution is 0.0926. The van der Waals surface area contributed by atoms with E-state index in [-0.39, 0.29) is 28.6 Å². The van der Waals surface area contributed by atoms with Crippen molar-refractivity contribution in [1.29, 1.82) is 0 Å². The first-order valence-electron chi connectivity index (χ1n) is 10.9. The van der Waals surface area contributed by atoms with Crippen molar-refractivity contribution in [3.05, 3.63) is 59.5 Å². The maximum absolute atomic E-state index is 15.4. The monoisotopic (exact) mass is 479 g/mol. The predicted molar refractivity (Wildman–Crippen MR) is 125 cm³/mol. The molecule has 3 aromatic heterocycles. The first-order valence-corrected chi connectivity index (χ1v) is 10.9. The smallest absolute Gasteiger partial charge is 0.293 e. The summed E-state index contributed by atoms with van der Waals surface area (Å²) in [6, 6.07) is 2.80. The van der Waals surface area contributed by atoms with Crippen LogP contribution >= 0.6 is 0 Å². The van der Waals surface area contributed by atoms with Crippen molar-refractivity contribution in [3.63, 3.8) is 0 Å². The van der Waals surface area contributed by atoms with Crippen molar-refractivity contribution in [3.8, 4) is 11.4 Å². The second-order valence-corrected chi connectivity index (χ2v) is 9.17. The number of benzene rings is 1. The van der Waals surface area contributed by atoms with Crippen molar-refractivity contribution >= 4 is 17.5 Å². The third-order valence-corrected chi connectivity index (χ3v) is 5.29. The summed E-state index contributed by atoms with van der Waals surface area (Å²) in [6.07, 6.45) is 4.69. The molecule has 0 saturated carbocycles. The Labute approximate surface area is 201 Å². The second kappa shape index (κ2) is 9.20. The minimum Gasteiger partial charge on any atom is -0.343 e. The summed E-state index contributed by atoms with van der Waals surface area (Å²) in [7, 11) is 1.79. The number of aromatic nitrogens is 7. The molecule has 0 aliphatic carbocycles. The van der Waals surface area contributed by atoms with E-state index < -0.39 is 17.8 Å². The topological polar surface area (TPSA) is 137 Å². The van der Waals surface area contributed by atoms with E-state index in [4.69, 9.17) is 4.52 Å². The highest BCUT2D eigenvalue weighted by molar-refractivity contribution is 5.90. The van der Waals surface area contributed by atoms with Gasteiger partial charge in [0.05, 0.1) is 23.5 Å². The molecule has 12 heteroatoms. The number of amides is 1. The minimum atomic E-state index is -0.510. The molecule has 182 valence electrons. The lowest BCUT2D eigenvalue weighted by Crippen LogP contribution is -2.28. The van der Waals surface area contributed by atoms with Gasteiger partial charge in [0.25, 0.3) is 11.7 Å². The molecule has 0 fully saturated rings. The van der Waals surface area contributed by atoms with Gasteiger partial charge in [0, 0.05) is 18.7 Å². The minimum absolute atomic E-state index is 0.0737. The average Bonchev–Trinajstić information content (AvgIpc) is 3.45. The normalized spacial score (nSPS) is 12.4. The van der Waals surface area contributed by atoms with Crippen molar-refractivity contribution in [2.45, 2.75) is 46.1 Å². The molecule has 4 rings (SSSR count). The van der Waals surface area contributed by atoms with Crippen LogP contribution in [-0.4, -0.2) is 40.8 Å². The molecule has 1 unspecified atom stereocenters. The zero-order valence-corrected chi connectivity index (χ0v) is 20.3. The number of anilines is 2. The molecule has 35 heavy (non-hydrogen) atoms. The molecule has 1 atom stereocenters. The zero-order chi connectivity index (χ0) is 25.3. The van der Waals surface area contributed by atoms with Crippen LogP contribution in [0.2, 0.25) is 0 Å². The molecular formula is C23H26FN9O2. The number of hydrogen-bond acceptors (Lipinski definition) is 9. The van der Waals surface area contributed by atoms with Gasteiger partial charge < -0.3 is 15.2 Å². The highest BCUT2D eigenvalue weighted by atomic mass is 19.1. The fourth-order valence-electron chi connectivity index (χ4n) is 3.40. The van der Waals surface area contributed by atoms with Crippen molar-refractivity contribution in [1.82, 2.24) is 40.2 Å². The summed E-state index contributed by atoms with van der Waals surface area (Å²) in [5.74, 6) is -0.274. The van der Waals surface area contributed by atoms with Gasteiger partial charge in [0.15, 0.2) is 5.82 Å². The lowest BCUT2D eigenvalue weighted by atomic mass is 9.97. The van der Waals surface area contributed by atoms with E-state index in [0.717, 1.165) is 0 Å². The van der Waals surface area contributed by atoms with E-state index in [2.05, 4.69) is 40.8 Å². The maximum Gasteiger partial charge on any atom is 0.293 e. The molecule has 1 amide bonds. The maximum atomic E-state index is 15.4. The van der Waals surface area contributed by atoms with Gasteiger partial charge in [-0.3, -0.25) is 9.48 Å². The highest BCUT2D eigenvalue weighted by Crippen LogP contribution is 2.28. The number of nitrogens with zero attached hydrogens (tertiary/aromatic N) is 7. The molecule has 0 aliphatic rings. The molecule has 0 aliphatic heterocycles. The summed E-state index contributed by atoms with van der Waals surface area (Å²) < 4.78 is 22.2. The summed E-state index contributed by atoms with van der Waals surface area (Å²) in [4.78, 5) is 29.3. The van der Waals surface area contributed by atoms with Gasteiger partial charge in [-0.15, -0.1) is 0 Å². The van der Waals surface area contributed by atoms with Gasteiger partial charge in [-0.25, -0.2) is 14.4 Å². The lowest BCUT2D eigenvalue weighted by Gasteiger charge is -2.17. The Bertz CT molecular complexity index is 1370. The Morgan fingerprint density at radius 1 is 1.20 bits per heavy atom. The SMILES string of the molecule is Cc1c(C(C)NC(=O)c2noc(C(C)(C)C)n2)ccc(-c2ncnc(Nc3cnn(C)c3)n2)c1F. The number of nitrogens with one attached hydrogen (secondary N) is 2. The van der Waals surface area contributed by atoms with Crippen molar-refractivity contribution < 1.29 is 13.7 Å². The quantitative estimate of drug-likeness (QED) is 0.425. The molecule has 0 spiro atoms. The molecule has 0 bridgehead atoms. The summed E-state index contributed by atoms with van der Waals surface area (Å²) in [5, 5.41) is 13.6. The molecule has 1 aromatic carbocycles. The molecule has 11 nitrogen and oxygen atoms in total. The Morgan fingerprint density at radius 3 is 2.63 bits per heavy atom.